The number of hydrazine groups is 1. The Morgan fingerprint density at radius 3 is 2.52 bits per heavy atom. The molecule has 2 amide bonds. The Morgan fingerprint density at radius 1 is 1.17 bits per heavy atom. The minimum absolute atomic E-state index is 0.254. The third-order valence-electron chi connectivity index (χ3n) is 3.64. The van der Waals surface area contributed by atoms with E-state index in [1.165, 1.54) is 11.9 Å². The monoisotopic (exact) mass is 311 g/mol. The zero-order valence-electron chi connectivity index (χ0n) is 12.9. The zero-order valence-corrected chi connectivity index (χ0v) is 12.9. The van der Waals surface area contributed by atoms with Crippen molar-refractivity contribution in [3.8, 4) is 5.75 Å². The number of carbonyl (C=O) groups is 2. The molecule has 23 heavy (non-hydrogen) atoms. The lowest BCUT2D eigenvalue weighted by Gasteiger charge is -2.37. The maximum atomic E-state index is 12.7. The molecule has 2 aromatic carbocycles. The molecule has 0 saturated carbocycles. The molecular formula is C17H17N3O3. The Morgan fingerprint density at radius 2 is 1.87 bits per heavy atom. The van der Waals surface area contributed by atoms with Crippen molar-refractivity contribution in [2.75, 3.05) is 12.4 Å². The number of nitrogens with zero attached hydrogens (tertiary/aromatic N) is 1. The molecule has 0 unspecified atom stereocenters. The number of methoxy groups -OCH3 is 1. The Kier molecular flexibility index (Phi) is 3.89. The van der Waals surface area contributed by atoms with Crippen LogP contribution in [0.3, 0.4) is 0 Å². The molecule has 0 fully saturated rings. The fourth-order valence-corrected chi connectivity index (χ4v) is 2.56. The fourth-order valence-electron chi connectivity index (χ4n) is 2.56. The first-order chi connectivity index (χ1) is 11.1. The predicted molar refractivity (Wildman–Crippen MR) is 85.8 cm³/mol. The van der Waals surface area contributed by atoms with Crippen LogP contribution >= 0.6 is 0 Å². The average molecular weight is 311 g/mol. The van der Waals surface area contributed by atoms with Crippen molar-refractivity contribution in [3.05, 3.63) is 59.7 Å². The molecule has 1 atom stereocenters. The summed E-state index contributed by atoms with van der Waals surface area (Å²) in [7, 11) is 1.59. The molecule has 2 aromatic rings. The third-order valence-corrected chi connectivity index (χ3v) is 3.64. The molecule has 0 radical (unpaired) electrons. The first-order valence-corrected chi connectivity index (χ1v) is 7.20. The van der Waals surface area contributed by atoms with Crippen molar-refractivity contribution in [3.63, 3.8) is 0 Å². The average Bonchev–Trinajstić information content (AvgIpc) is 2.57. The fraction of sp³-hybridized carbons (Fsp3) is 0.176. The predicted octanol–water partition coefficient (Wildman–Crippen LogP) is 2.31. The van der Waals surface area contributed by atoms with Gasteiger partial charge in [-0.2, -0.15) is 0 Å². The molecule has 6 heteroatoms. The number of anilines is 1. The number of nitrogens with one attached hydrogen (secondary N) is 2. The second-order valence-electron chi connectivity index (χ2n) is 5.21. The van der Waals surface area contributed by atoms with E-state index in [0.29, 0.717) is 5.56 Å². The molecule has 2 N–H and O–H groups in total. The van der Waals surface area contributed by atoms with E-state index < -0.39 is 6.17 Å². The maximum absolute atomic E-state index is 12.7. The van der Waals surface area contributed by atoms with Crippen LogP contribution in [0.2, 0.25) is 0 Å². The first-order valence-electron chi connectivity index (χ1n) is 7.20. The summed E-state index contributed by atoms with van der Waals surface area (Å²) in [5, 5.41) is 4.60. The lowest BCUT2D eigenvalue weighted by molar-refractivity contribution is -0.123. The third kappa shape index (κ3) is 2.83. The minimum atomic E-state index is -0.493. The highest BCUT2D eigenvalue weighted by molar-refractivity contribution is 6.02. The van der Waals surface area contributed by atoms with Gasteiger partial charge in [-0.1, -0.05) is 24.3 Å². The lowest BCUT2D eigenvalue weighted by Crippen LogP contribution is -2.52. The summed E-state index contributed by atoms with van der Waals surface area (Å²) in [5.41, 5.74) is 4.69. The van der Waals surface area contributed by atoms with Gasteiger partial charge >= 0.3 is 0 Å². The maximum Gasteiger partial charge on any atom is 0.276 e. The Labute approximate surface area is 134 Å². The van der Waals surface area contributed by atoms with E-state index in [9.17, 15) is 9.59 Å². The van der Waals surface area contributed by atoms with E-state index >= 15 is 0 Å². The van der Waals surface area contributed by atoms with Crippen LogP contribution < -0.4 is 15.5 Å². The number of amides is 2. The Bertz CT molecular complexity index is 743. The SMILES string of the molecule is COc1ccc([C@H]2Nc3ccccc3C(=O)N2NC(C)=O)cc1. The van der Waals surface area contributed by atoms with Gasteiger partial charge in [0.25, 0.3) is 5.91 Å². The van der Waals surface area contributed by atoms with Gasteiger partial charge in [0.1, 0.15) is 11.9 Å². The molecule has 0 aromatic heterocycles. The molecule has 0 saturated heterocycles. The van der Waals surface area contributed by atoms with Crippen LogP contribution in [0.1, 0.15) is 29.0 Å². The highest BCUT2D eigenvalue weighted by Crippen LogP contribution is 2.32. The molecular weight excluding hydrogens is 294 g/mol. The number of rotatable bonds is 3. The molecule has 3 rings (SSSR count). The normalized spacial score (nSPS) is 16.3. The molecule has 0 aliphatic carbocycles. The van der Waals surface area contributed by atoms with Gasteiger partial charge in [-0.05, 0) is 29.8 Å². The zero-order chi connectivity index (χ0) is 16.4. The van der Waals surface area contributed by atoms with Gasteiger partial charge in [0.05, 0.1) is 12.7 Å². The quantitative estimate of drug-likeness (QED) is 0.912. The van der Waals surface area contributed by atoms with Gasteiger partial charge in [0.2, 0.25) is 5.91 Å². The molecule has 1 heterocycles. The highest BCUT2D eigenvalue weighted by atomic mass is 16.5. The summed E-state index contributed by atoms with van der Waals surface area (Å²) in [6.07, 6.45) is -0.493. The van der Waals surface area contributed by atoms with E-state index in [-0.39, 0.29) is 11.8 Å². The molecule has 1 aliphatic heterocycles. The highest BCUT2D eigenvalue weighted by Gasteiger charge is 2.33. The summed E-state index contributed by atoms with van der Waals surface area (Å²) >= 11 is 0. The van der Waals surface area contributed by atoms with Crippen molar-refractivity contribution in [2.45, 2.75) is 13.1 Å². The topological polar surface area (TPSA) is 70.7 Å². The van der Waals surface area contributed by atoms with Crippen molar-refractivity contribution in [2.24, 2.45) is 0 Å². The second kappa shape index (κ2) is 6.00. The first kappa shape index (κ1) is 14.9. The molecule has 1 aliphatic rings. The summed E-state index contributed by atoms with van der Waals surface area (Å²) in [5.74, 6) is 0.163. The van der Waals surface area contributed by atoms with Crippen molar-refractivity contribution < 1.29 is 14.3 Å². The number of hydrogen-bond donors (Lipinski definition) is 2. The smallest absolute Gasteiger partial charge is 0.276 e. The van der Waals surface area contributed by atoms with Crippen molar-refractivity contribution in [1.29, 1.82) is 0 Å². The summed E-state index contributed by atoms with van der Waals surface area (Å²) < 4.78 is 5.15. The van der Waals surface area contributed by atoms with E-state index in [1.807, 2.05) is 36.4 Å². The van der Waals surface area contributed by atoms with E-state index in [1.54, 1.807) is 19.2 Å². The second-order valence-corrected chi connectivity index (χ2v) is 5.21. The van der Waals surface area contributed by atoms with Crippen LogP contribution in [0.15, 0.2) is 48.5 Å². The standard InChI is InChI=1S/C17H17N3O3/c1-11(21)19-20-16(12-7-9-13(23-2)10-8-12)18-15-6-4-3-5-14(15)17(20)22/h3-10,16,18H,1-2H3,(H,19,21)/t16-/m0/s1. The lowest BCUT2D eigenvalue weighted by atomic mass is 10.0. The van der Waals surface area contributed by atoms with Crippen LogP contribution in [-0.2, 0) is 4.79 Å². The van der Waals surface area contributed by atoms with Gasteiger partial charge < -0.3 is 10.1 Å². The van der Waals surface area contributed by atoms with Gasteiger partial charge in [-0.15, -0.1) is 0 Å². The van der Waals surface area contributed by atoms with Crippen LogP contribution in [0, 0.1) is 0 Å². The van der Waals surface area contributed by atoms with Gasteiger partial charge in [-0.3, -0.25) is 15.0 Å². The number of hydrogen-bond acceptors (Lipinski definition) is 4. The number of ether oxygens (including phenoxy) is 1. The number of benzene rings is 2. The minimum Gasteiger partial charge on any atom is -0.497 e. The van der Waals surface area contributed by atoms with E-state index in [2.05, 4.69) is 10.7 Å². The van der Waals surface area contributed by atoms with Gasteiger partial charge in [-0.25, -0.2) is 5.01 Å². The van der Waals surface area contributed by atoms with Crippen LogP contribution in [0.5, 0.6) is 5.75 Å². The molecule has 6 nitrogen and oxygen atoms in total. The summed E-state index contributed by atoms with van der Waals surface area (Å²) in [4.78, 5) is 24.2. The van der Waals surface area contributed by atoms with Crippen LogP contribution in [-0.4, -0.2) is 23.9 Å². The van der Waals surface area contributed by atoms with E-state index in [4.69, 9.17) is 4.74 Å². The molecule has 0 spiro atoms. The molecule has 0 bridgehead atoms. The number of carbonyl (C=O) groups excluding carboxylic acids is 2. The van der Waals surface area contributed by atoms with Crippen LogP contribution in [0.4, 0.5) is 5.69 Å². The Hall–Kier alpha value is -3.02. The van der Waals surface area contributed by atoms with E-state index in [0.717, 1.165) is 17.0 Å². The number of para-hydroxylation sites is 1. The van der Waals surface area contributed by atoms with Crippen molar-refractivity contribution >= 4 is 17.5 Å². The van der Waals surface area contributed by atoms with Crippen LogP contribution in [0.25, 0.3) is 0 Å². The molecule has 118 valence electrons. The van der Waals surface area contributed by atoms with Gasteiger partial charge in [0, 0.05) is 12.6 Å². The largest absolute Gasteiger partial charge is 0.497 e. The Balaban J connectivity index is 2.01. The summed E-state index contributed by atoms with van der Waals surface area (Å²) in [6.45, 7) is 1.37. The van der Waals surface area contributed by atoms with Gasteiger partial charge in [0.15, 0.2) is 0 Å². The summed E-state index contributed by atoms with van der Waals surface area (Å²) in [6, 6.07) is 14.6. The van der Waals surface area contributed by atoms with Crippen molar-refractivity contribution in [1.82, 2.24) is 10.4 Å². The number of fused-ring (bicyclic) bond motifs is 1.